The molecule has 0 saturated carbocycles. The third-order valence-corrected chi connectivity index (χ3v) is 5.74. The number of amides is 2. The van der Waals surface area contributed by atoms with Gasteiger partial charge < -0.3 is 15.0 Å². The molecule has 0 fully saturated rings. The second-order valence-electron chi connectivity index (χ2n) is 8.03. The lowest BCUT2D eigenvalue weighted by molar-refractivity contribution is -0.140. The van der Waals surface area contributed by atoms with Gasteiger partial charge in [-0.15, -0.1) is 0 Å². The fourth-order valence-electron chi connectivity index (χ4n) is 3.31. The highest BCUT2D eigenvalue weighted by molar-refractivity contribution is 5.87. The van der Waals surface area contributed by atoms with Gasteiger partial charge in [-0.3, -0.25) is 9.59 Å². The molecule has 1 N–H and O–H groups in total. The number of benzene rings is 2. The quantitative estimate of drug-likeness (QED) is 0.577. The lowest BCUT2D eigenvalue weighted by Crippen LogP contribution is -2.49. The van der Waals surface area contributed by atoms with Gasteiger partial charge in [-0.05, 0) is 61.9 Å². The van der Waals surface area contributed by atoms with E-state index in [2.05, 4.69) is 36.5 Å². The minimum Gasteiger partial charge on any atom is -0.497 e. The molecule has 0 spiro atoms. The summed E-state index contributed by atoms with van der Waals surface area (Å²) >= 11 is 0. The Bertz CT molecular complexity index is 831. The summed E-state index contributed by atoms with van der Waals surface area (Å²) in [6.07, 6.45) is 2.86. The lowest BCUT2D eigenvalue weighted by Gasteiger charge is -2.30. The largest absolute Gasteiger partial charge is 0.497 e. The standard InChI is InChI=1S/C26H36N2O3/c1-6-19(3)27-26(30)20(4)28(18-23-12-15-24(31-5)16-13-23)25(29)17-14-22-10-8-21(7-2)9-11-22/h8-13,15-16,19-20H,6-7,14,17-18H2,1-5H3,(H,27,30). The zero-order chi connectivity index (χ0) is 22.8. The Balaban J connectivity index is 2.13. The Morgan fingerprint density at radius 3 is 2.06 bits per heavy atom. The van der Waals surface area contributed by atoms with Crippen LogP contribution in [0.2, 0.25) is 0 Å². The number of aryl methyl sites for hydroxylation is 2. The van der Waals surface area contributed by atoms with E-state index < -0.39 is 6.04 Å². The van der Waals surface area contributed by atoms with Crippen LogP contribution in [0.1, 0.15) is 57.2 Å². The Kier molecular flexibility index (Phi) is 9.57. The van der Waals surface area contributed by atoms with Crippen molar-refractivity contribution in [3.63, 3.8) is 0 Å². The molecule has 0 bridgehead atoms. The summed E-state index contributed by atoms with van der Waals surface area (Å²) in [6, 6.07) is 15.5. The van der Waals surface area contributed by atoms with Crippen molar-refractivity contribution in [3.05, 3.63) is 65.2 Å². The summed E-state index contributed by atoms with van der Waals surface area (Å²) in [4.78, 5) is 27.6. The van der Waals surface area contributed by atoms with Gasteiger partial charge in [0.2, 0.25) is 11.8 Å². The highest BCUT2D eigenvalue weighted by Gasteiger charge is 2.26. The molecule has 0 saturated heterocycles. The number of hydrogen-bond donors (Lipinski definition) is 1. The van der Waals surface area contributed by atoms with E-state index in [4.69, 9.17) is 4.74 Å². The van der Waals surface area contributed by atoms with Crippen LogP contribution in [-0.4, -0.2) is 35.9 Å². The van der Waals surface area contributed by atoms with E-state index in [1.807, 2.05) is 38.1 Å². The molecular formula is C26H36N2O3. The monoisotopic (exact) mass is 424 g/mol. The summed E-state index contributed by atoms with van der Waals surface area (Å²) in [5.41, 5.74) is 3.38. The number of nitrogens with one attached hydrogen (secondary N) is 1. The first-order chi connectivity index (χ1) is 14.9. The number of carbonyl (C=O) groups excluding carboxylic acids is 2. The molecule has 2 rings (SSSR count). The molecule has 168 valence electrons. The van der Waals surface area contributed by atoms with E-state index in [0.29, 0.717) is 19.4 Å². The Hall–Kier alpha value is -2.82. The minimum absolute atomic E-state index is 0.0258. The zero-order valence-corrected chi connectivity index (χ0v) is 19.5. The average molecular weight is 425 g/mol. The van der Waals surface area contributed by atoms with Gasteiger partial charge in [0.05, 0.1) is 7.11 Å². The van der Waals surface area contributed by atoms with Crippen LogP contribution in [-0.2, 0) is 29.0 Å². The molecular weight excluding hydrogens is 388 g/mol. The summed E-state index contributed by atoms with van der Waals surface area (Å²) in [5.74, 6) is 0.616. The van der Waals surface area contributed by atoms with Crippen LogP contribution in [0.3, 0.4) is 0 Å². The molecule has 0 aliphatic heterocycles. The number of rotatable bonds is 11. The maximum atomic E-state index is 13.2. The number of nitrogens with zero attached hydrogens (tertiary/aromatic N) is 1. The molecule has 5 nitrogen and oxygen atoms in total. The molecule has 31 heavy (non-hydrogen) atoms. The van der Waals surface area contributed by atoms with Gasteiger partial charge in [0, 0.05) is 19.0 Å². The van der Waals surface area contributed by atoms with Gasteiger partial charge in [0.15, 0.2) is 0 Å². The maximum Gasteiger partial charge on any atom is 0.242 e. The van der Waals surface area contributed by atoms with Gasteiger partial charge in [-0.1, -0.05) is 50.2 Å². The molecule has 0 heterocycles. The summed E-state index contributed by atoms with van der Waals surface area (Å²) in [6.45, 7) is 8.31. The summed E-state index contributed by atoms with van der Waals surface area (Å²) in [5, 5.41) is 3.00. The first kappa shape index (κ1) is 24.4. The van der Waals surface area contributed by atoms with Gasteiger partial charge in [0.25, 0.3) is 0 Å². The van der Waals surface area contributed by atoms with E-state index in [-0.39, 0.29) is 17.9 Å². The smallest absolute Gasteiger partial charge is 0.242 e. The predicted molar refractivity (Wildman–Crippen MR) is 125 cm³/mol. The Morgan fingerprint density at radius 2 is 1.52 bits per heavy atom. The molecule has 5 heteroatoms. The Morgan fingerprint density at radius 1 is 0.935 bits per heavy atom. The summed E-state index contributed by atoms with van der Waals surface area (Å²) in [7, 11) is 1.62. The molecule has 2 unspecified atom stereocenters. The van der Waals surface area contributed by atoms with Gasteiger partial charge in [-0.2, -0.15) is 0 Å². The number of carbonyl (C=O) groups is 2. The summed E-state index contributed by atoms with van der Waals surface area (Å²) < 4.78 is 5.22. The van der Waals surface area contributed by atoms with Crippen LogP contribution in [0.25, 0.3) is 0 Å². The van der Waals surface area contributed by atoms with Crippen molar-refractivity contribution in [2.24, 2.45) is 0 Å². The minimum atomic E-state index is -0.550. The highest BCUT2D eigenvalue weighted by Crippen LogP contribution is 2.17. The second-order valence-corrected chi connectivity index (χ2v) is 8.03. The third kappa shape index (κ3) is 7.42. The van der Waals surface area contributed by atoms with Crippen LogP contribution in [0, 0.1) is 0 Å². The molecule has 2 aromatic carbocycles. The van der Waals surface area contributed by atoms with E-state index >= 15 is 0 Å². The molecule has 0 aliphatic carbocycles. The fourth-order valence-corrected chi connectivity index (χ4v) is 3.31. The van der Waals surface area contributed by atoms with Crippen molar-refractivity contribution in [2.45, 2.75) is 72.0 Å². The third-order valence-electron chi connectivity index (χ3n) is 5.74. The SMILES string of the molecule is CCc1ccc(CCC(=O)N(Cc2ccc(OC)cc2)C(C)C(=O)NC(C)CC)cc1. The Labute approximate surface area is 186 Å². The second kappa shape index (κ2) is 12.1. The highest BCUT2D eigenvalue weighted by atomic mass is 16.5. The van der Waals surface area contributed by atoms with Crippen molar-refractivity contribution >= 4 is 11.8 Å². The average Bonchev–Trinajstić information content (AvgIpc) is 2.81. The molecule has 2 atom stereocenters. The van der Waals surface area contributed by atoms with Crippen LogP contribution >= 0.6 is 0 Å². The first-order valence-electron chi connectivity index (χ1n) is 11.2. The van der Waals surface area contributed by atoms with E-state index in [9.17, 15) is 9.59 Å². The van der Waals surface area contributed by atoms with Crippen molar-refractivity contribution in [1.29, 1.82) is 0 Å². The van der Waals surface area contributed by atoms with Crippen LogP contribution in [0.4, 0.5) is 0 Å². The van der Waals surface area contributed by atoms with Gasteiger partial charge in [-0.25, -0.2) is 0 Å². The van der Waals surface area contributed by atoms with Crippen molar-refractivity contribution in [1.82, 2.24) is 10.2 Å². The van der Waals surface area contributed by atoms with Gasteiger partial charge in [0.1, 0.15) is 11.8 Å². The number of methoxy groups -OCH3 is 1. The van der Waals surface area contributed by atoms with Crippen LogP contribution in [0.15, 0.2) is 48.5 Å². The van der Waals surface area contributed by atoms with Crippen molar-refractivity contribution in [2.75, 3.05) is 7.11 Å². The molecule has 0 aliphatic rings. The first-order valence-corrected chi connectivity index (χ1v) is 11.2. The molecule has 0 radical (unpaired) electrons. The van der Waals surface area contributed by atoms with E-state index in [1.54, 1.807) is 18.9 Å². The van der Waals surface area contributed by atoms with E-state index in [0.717, 1.165) is 29.7 Å². The lowest BCUT2D eigenvalue weighted by atomic mass is 10.0. The van der Waals surface area contributed by atoms with Crippen LogP contribution < -0.4 is 10.1 Å². The topological polar surface area (TPSA) is 58.6 Å². The normalized spacial score (nSPS) is 12.7. The van der Waals surface area contributed by atoms with Gasteiger partial charge >= 0.3 is 0 Å². The molecule has 2 amide bonds. The van der Waals surface area contributed by atoms with Crippen molar-refractivity contribution < 1.29 is 14.3 Å². The number of hydrogen-bond acceptors (Lipinski definition) is 3. The predicted octanol–water partition coefficient (Wildman–Crippen LogP) is 4.52. The number of ether oxygens (including phenoxy) is 1. The molecule has 0 aromatic heterocycles. The molecule has 2 aromatic rings. The van der Waals surface area contributed by atoms with E-state index in [1.165, 1.54) is 5.56 Å². The van der Waals surface area contributed by atoms with Crippen molar-refractivity contribution in [3.8, 4) is 5.75 Å². The fraction of sp³-hybridized carbons (Fsp3) is 0.462. The zero-order valence-electron chi connectivity index (χ0n) is 19.5. The van der Waals surface area contributed by atoms with Crippen LogP contribution in [0.5, 0.6) is 5.75 Å². The maximum absolute atomic E-state index is 13.2.